The van der Waals surface area contributed by atoms with E-state index < -0.39 is 0 Å². The van der Waals surface area contributed by atoms with Crippen LogP contribution in [0.4, 0.5) is 0 Å². The normalized spacial score (nSPS) is 11.9. The molecule has 0 spiro atoms. The Morgan fingerprint density at radius 3 is 1.60 bits per heavy atom. The zero-order valence-corrected chi connectivity index (χ0v) is 30.0. The molecule has 57 heavy (non-hydrogen) atoms. The summed E-state index contributed by atoms with van der Waals surface area (Å²) in [4.78, 5) is 25.3. The van der Waals surface area contributed by atoms with E-state index in [2.05, 4.69) is 18.2 Å². The van der Waals surface area contributed by atoms with Gasteiger partial charge in [-0.05, 0) is 48.5 Å². The molecule has 0 N–H and O–H groups in total. The highest BCUT2D eigenvalue weighted by atomic mass is 16.3. The Labute approximate surface area is 323 Å². The summed E-state index contributed by atoms with van der Waals surface area (Å²) in [6.07, 6.45) is 0. The molecular weight excluding hydrogens is 707 g/mol. The quantitative estimate of drug-likeness (QED) is 0.172. The zero-order chi connectivity index (χ0) is 37.5. The maximum atomic E-state index is 6.58. The molecule has 12 rings (SSSR count). The van der Waals surface area contributed by atoms with Crippen LogP contribution in [0.3, 0.4) is 0 Å². The van der Waals surface area contributed by atoms with Gasteiger partial charge < -0.3 is 13.3 Å². The van der Waals surface area contributed by atoms with Crippen LogP contribution in [0.15, 0.2) is 177 Å². The van der Waals surface area contributed by atoms with E-state index in [0.717, 1.165) is 88.3 Å². The molecule has 0 unspecified atom stereocenters. The highest BCUT2D eigenvalue weighted by Crippen LogP contribution is 2.41. The third-order valence-electron chi connectivity index (χ3n) is 10.6. The molecule has 0 atom stereocenters. The number of aromatic nitrogens is 5. The second kappa shape index (κ2) is 12.3. The molecule has 0 radical (unpaired) electrons. The summed E-state index contributed by atoms with van der Waals surface area (Å²) >= 11 is 0. The van der Waals surface area contributed by atoms with Gasteiger partial charge in [-0.25, -0.2) is 24.9 Å². The highest BCUT2D eigenvalue weighted by molar-refractivity contribution is 6.14. The van der Waals surface area contributed by atoms with Gasteiger partial charge in [-0.15, -0.1) is 0 Å². The fourth-order valence-electron chi connectivity index (χ4n) is 7.87. The van der Waals surface area contributed by atoms with Crippen LogP contribution >= 0.6 is 0 Å². The van der Waals surface area contributed by atoms with E-state index in [1.807, 2.05) is 146 Å². The third kappa shape index (κ3) is 5.04. The maximum Gasteiger partial charge on any atom is 0.180 e. The van der Waals surface area contributed by atoms with Gasteiger partial charge in [0.25, 0.3) is 0 Å². The average Bonchev–Trinajstić information content (AvgIpc) is 3.97. The van der Waals surface area contributed by atoms with Gasteiger partial charge in [0.1, 0.15) is 39.1 Å². The van der Waals surface area contributed by atoms with E-state index in [9.17, 15) is 0 Å². The van der Waals surface area contributed by atoms with Crippen molar-refractivity contribution in [1.82, 2.24) is 24.9 Å². The lowest BCUT2D eigenvalue weighted by atomic mass is 10.0. The smallest absolute Gasteiger partial charge is 0.180 e. The Morgan fingerprint density at radius 1 is 0.316 bits per heavy atom. The Bertz CT molecular complexity index is 3530. The van der Waals surface area contributed by atoms with Gasteiger partial charge in [0.2, 0.25) is 0 Å². The molecule has 0 fully saturated rings. The summed E-state index contributed by atoms with van der Waals surface area (Å²) in [5.41, 5.74) is 10.3. The van der Waals surface area contributed by atoms with Crippen molar-refractivity contribution in [2.24, 2.45) is 0 Å². The molecule has 0 bridgehead atoms. The van der Waals surface area contributed by atoms with Gasteiger partial charge >= 0.3 is 0 Å². The van der Waals surface area contributed by atoms with Crippen molar-refractivity contribution < 1.29 is 13.3 Å². The minimum atomic E-state index is 0.527. The highest BCUT2D eigenvalue weighted by Gasteiger charge is 2.22. The van der Waals surface area contributed by atoms with E-state index in [0.29, 0.717) is 34.5 Å². The van der Waals surface area contributed by atoms with Crippen LogP contribution in [0.1, 0.15) is 0 Å². The van der Waals surface area contributed by atoms with Crippen molar-refractivity contribution in [1.29, 1.82) is 0 Å². The second-order valence-electron chi connectivity index (χ2n) is 14.0. The number of fused-ring (bicyclic) bond motifs is 9. The van der Waals surface area contributed by atoms with E-state index in [1.165, 1.54) is 0 Å². The molecule has 0 saturated heterocycles. The topological polar surface area (TPSA) is 104 Å². The molecule has 0 aliphatic carbocycles. The third-order valence-corrected chi connectivity index (χ3v) is 10.6. The number of para-hydroxylation sites is 2. The number of rotatable bonds is 5. The first-order valence-corrected chi connectivity index (χ1v) is 18.7. The van der Waals surface area contributed by atoms with Gasteiger partial charge in [-0.3, -0.25) is 0 Å². The molecule has 8 heteroatoms. The van der Waals surface area contributed by atoms with Gasteiger partial charge in [0.05, 0.1) is 0 Å². The minimum Gasteiger partial charge on any atom is -0.456 e. The fraction of sp³-hybridized carbons (Fsp3) is 0. The lowest BCUT2D eigenvalue weighted by Crippen LogP contribution is -2.00. The van der Waals surface area contributed by atoms with E-state index in [-0.39, 0.29) is 0 Å². The average molecular weight is 734 g/mol. The summed E-state index contributed by atoms with van der Waals surface area (Å²) in [5.74, 6) is 2.23. The molecule has 0 saturated carbocycles. The molecule has 266 valence electrons. The van der Waals surface area contributed by atoms with Crippen LogP contribution < -0.4 is 0 Å². The first kappa shape index (κ1) is 31.4. The van der Waals surface area contributed by atoms with Gasteiger partial charge in [-0.2, -0.15) is 0 Å². The summed E-state index contributed by atoms with van der Waals surface area (Å²) < 4.78 is 19.2. The molecule has 12 aromatic rings. The molecule has 0 aliphatic rings. The van der Waals surface area contributed by atoms with Crippen LogP contribution in [-0.2, 0) is 0 Å². The molecule has 0 aliphatic heterocycles. The molecule has 0 amide bonds. The van der Waals surface area contributed by atoms with Crippen molar-refractivity contribution in [3.63, 3.8) is 0 Å². The lowest BCUT2D eigenvalue weighted by molar-refractivity contribution is 0.667. The fourth-order valence-corrected chi connectivity index (χ4v) is 7.87. The first-order chi connectivity index (χ1) is 28.2. The molecule has 8 nitrogen and oxygen atoms in total. The summed E-state index contributed by atoms with van der Waals surface area (Å²) in [7, 11) is 0. The lowest BCUT2D eigenvalue weighted by Gasteiger charge is -2.09. The van der Waals surface area contributed by atoms with Crippen molar-refractivity contribution in [3.8, 4) is 56.8 Å². The predicted octanol–water partition coefficient (Wildman–Crippen LogP) is 12.7. The van der Waals surface area contributed by atoms with Gasteiger partial charge in [0, 0.05) is 54.7 Å². The number of benzene rings is 7. The molecular formula is C49H27N5O3. The van der Waals surface area contributed by atoms with E-state index in [1.54, 1.807) is 0 Å². The molecule has 5 heterocycles. The largest absolute Gasteiger partial charge is 0.456 e. The Hall–Kier alpha value is -7.97. The zero-order valence-electron chi connectivity index (χ0n) is 30.0. The minimum absolute atomic E-state index is 0.527. The Morgan fingerprint density at radius 2 is 0.860 bits per heavy atom. The first-order valence-electron chi connectivity index (χ1n) is 18.7. The van der Waals surface area contributed by atoms with E-state index in [4.69, 9.17) is 38.2 Å². The Balaban J connectivity index is 1.02. The Kier molecular flexibility index (Phi) is 6.76. The van der Waals surface area contributed by atoms with Crippen molar-refractivity contribution in [2.75, 3.05) is 0 Å². The van der Waals surface area contributed by atoms with Crippen LogP contribution in [0.5, 0.6) is 0 Å². The van der Waals surface area contributed by atoms with Crippen LogP contribution in [0.2, 0.25) is 0 Å². The van der Waals surface area contributed by atoms with Crippen molar-refractivity contribution in [3.05, 3.63) is 164 Å². The van der Waals surface area contributed by atoms with E-state index >= 15 is 0 Å². The van der Waals surface area contributed by atoms with Crippen LogP contribution in [0.25, 0.3) is 123 Å². The monoisotopic (exact) mass is 733 g/mol. The van der Waals surface area contributed by atoms with Gasteiger partial charge in [0.15, 0.2) is 28.9 Å². The van der Waals surface area contributed by atoms with Crippen molar-refractivity contribution in [2.45, 2.75) is 0 Å². The van der Waals surface area contributed by atoms with Crippen LogP contribution in [-0.4, -0.2) is 24.9 Å². The second-order valence-corrected chi connectivity index (χ2v) is 14.0. The maximum absolute atomic E-state index is 6.58. The standard InChI is InChI=1S/C49H27N5O3/c1-3-12-28(13-4-1)43-45-44(35-17-8-10-20-38(35)57-45)51-49(50-43)36-18-11-21-39-42(36)34-25-23-31(27-41(34)56-39)48-53-46(29-14-5-2-6-15-29)52-47(54-48)30-22-24-33-32-16-7-9-19-37(32)55-40(33)26-30/h1-27H. The number of hydrogen-bond donors (Lipinski definition) is 0. The number of nitrogens with zero attached hydrogens (tertiary/aromatic N) is 5. The molecule has 7 aromatic carbocycles. The number of furan rings is 3. The van der Waals surface area contributed by atoms with Crippen LogP contribution in [0, 0.1) is 0 Å². The van der Waals surface area contributed by atoms with Crippen molar-refractivity contribution >= 4 is 65.9 Å². The summed E-state index contributed by atoms with van der Waals surface area (Å²) in [6.45, 7) is 0. The SMILES string of the molecule is c1ccc(-c2nc(-c3ccc4c(c3)oc3ccccc34)nc(-c3ccc4c(c3)oc3cccc(-c5nc(-c6ccccc6)c6oc7ccccc7c6n5)c34)n2)cc1. The number of hydrogen-bond acceptors (Lipinski definition) is 8. The summed E-state index contributed by atoms with van der Waals surface area (Å²) in [5, 5.41) is 4.90. The van der Waals surface area contributed by atoms with Gasteiger partial charge in [-0.1, -0.05) is 115 Å². The predicted molar refractivity (Wildman–Crippen MR) is 224 cm³/mol. The summed E-state index contributed by atoms with van der Waals surface area (Å²) in [6, 6.07) is 54.3. The molecule has 5 aromatic heterocycles.